The molecule has 1 fully saturated rings. The summed E-state index contributed by atoms with van der Waals surface area (Å²) in [6.07, 6.45) is 1.57. The van der Waals surface area contributed by atoms with Crippen molar-refractivity contribution in [3.63, 3.8) is 0 Å². The van der Waals surface area contributed by atoms with Gasteiger partial charge >= 0.3 is 0 Å². The van der Waals surface area contributed by atoms with Crippen LogP contribution in [0.4, 0.5) is 0 Å². The van der Waals surface area contributed by atoms with E-state index < -0.39 is 0 Å². The number of nitrogens with one attached hydrogen (secondary N) is 1. The van der Waals surface area contributed by atoms with Crippen molar-refractivity contribution < 1.29 is 9.90 Å². The van der Waals surface area contributed by atoms with Gasteiger partial charge in [0, 0.05) is 26.2 Å². The Kier molecular flexibility index (Phi) is 3.47. The van der Waals surface area contributed by atoms with E-state index in [2.05, 4.69) is 15.6 Å². The van der Waals surface area contributed by atoms with Crippen molar-refractivity contribution in [3.8, 4) is 0 Å². The summed E-state index contributed by atoms with van der Waals surface area (Å²) >= 11 is 0. The normalized spacial score (nSPS) is 16.4. The van der Waals surface area contributed by atoms with Crippen LogP contribution in [0.15, 0.2) is 6.20 Å². The first-order chi connectivity index (χ1) is 7.81. The quantitative estimate of drug-likeness (QED) is 0.641. The van der Waals surface area contributed by atoms with Gasteiger partial charge in [0.1, 0.15) is 0 Å². The van der Waals surface area contributed by atoms with E-state index in [0.717, 1.165) is 13.1 Å². The lowest BCUT2D eigenvalue weighted by Gasteiger charge is -2.26. The molecule has 0 saturated carbocycles. The number of carbonyl (C=O) groups is 1. The highest BCUT2D eigenvalue weighted by atomic mass is 16.3. The van der Waals surface area contributed by atoms with E-state index in [1.165, 1.54) is 4.68 Å². The number of hydrogen-bond donors (Lipinski definition) is 2. The van der Waals surface area contributed by atoms with Gasteiger partial charge in [-0.1, -0.05) is 5.21 Å². The number of aromatic nitrogens is 3. The molecule has 1 saturated heterocycles. The van der Waals surface area contributed by atoms with Crippen LogP contribution < -0.4 is 5.32 Å². The molecule has 0 unspecified atom stereocenters. The monoisotopic (exact) mass is 225 g/mol. The van der Waals surface area contributed by atoms with Gasteiger partial charge in [-0.05, 0) is 0 Å². The maximum atomic E-state index is 11.9. The Morgan fingerprint density at radius 3 is 2.94 bits per heavy atom. The van der Waals surface area contributed by atoms with Crippen LogP contribution in [0.25, 0.3) is 0 Å². The van der Waals surface area contributed by atoms with Crippen LogP contribution in [0.5, 0.6) is 0 Å². The average Bonchev–Trinajstić information content (AvgIpc) is 2.78. The Morgan fingerprint density at radius 1 is 1.50 bits per heavy atom. The molecule has 0 bridgehead atoms. The standard InChI is InChI=1S/C9H15N5O2/c15-6-5-14-7-8(11-12-14)9(16)13-3-1-10-2-4-13/h7,10,15H,1-6H2. The summed E-state index contributed by atoms with van der Waals surface area (Å²) in [5.74, 6) is -0.0920. The number of nitrogens with zero attached hydrogens (tertiary/aromatic N) is 4. The van der Waals surface area contributed by atoms with E-state index in [-0.39, 0.29) is 12.5 Å². The predicted octanol–water partition coefficient (Wildman–Crippen LogP) is -1.68. The highest BCUT2D eigenvalue weighted by Crippen LogP contribution is 2.02. The molecule has 1 aliphatic heterocycles. The van der Waals surface area contributed by atoms with E-state index in [4.69, 9.17) is 5.11 Å². The second-order valence-electron chi connectivity index (χ2n) is 3.63. The molecule has 2 heterocycles. The van der Waals surface area contributed by atoms with Gasteiger partial charge in [0.2, 0.25) is 0 Å². The molecule has 1 aliphatic rings. The summed E-state index contributed by atoms with van der Waals surface area (Å²) in [5, 5.41) is 19.5. The highest BCUT2D eigenvalue weighted by molar-refractivity contribution is 5.92. The Labute approximate surface area is 93.0 Å². The molecule has 1 amide bonds. The molecule has 0 atom stereocenters. The van der Waals surface area contributed by atoms with E-state index in [9.17, 15) is 4.79 Å². The van der Waals surface area contributed by atoms with Crippen molar-refractivity contribution in [2.45, 2.75) is 6.54 Å². The summed E-state index contributed by atoms with van der Waals surface area (Å²) in [5.41, 5.74) is 0.343. The van der Waals surface area contributed by atoms with Gasteiger partial charge in [-0.15, -0.1) is 5.10 Å². The van der Waals surface area contributed by atoms with Gasteiger partial charge in [0.15, 0.2) is 5.69 Å². The molecule has 0 aromatic carbocycles. The summed E-state index contributed by atoms with van der Waals surface area (Å²) in [6, 6.07) is 0. The van der Waals surface area contributed by atoms with Crippen LogP contribution in [0.3, 0.4) is 0 Å². The third kappa shape index (κ3) is 2.37. The van der Waals surface area contributed by atoms with Gasteiger partial charge < -0.3 is 15.3 Å². The van der Waals surface area contributed by atoms with E-state index in [0.29, 0.717) is 25.3 Å². The second kappa shape index (κ2) is 5.04. The number of carbonyl (C=O) groups excluding carboxylic acids is 1. The molecule has 0 aliphatic carbocycles. The lowest BCUT2D eigenvalue weighted by Crippen LogP contribution is -2.46. The van der Waals surface area contributed by atoms with E-state index >= 15 is 0 Å². The zero-order chi connectivity index (χ0) is 11.4. The van der Waals surface area contributed by atoms with Crippen LogP contribution in [0.2, 0.25) is 0 Å². The minimum Gasteiger partial charge on any atom is -0.394 e. The largest absolute Gasteiger partial charge is 0.394 e. The van der Waals surface area contributed by atoms with Crippen LogP contribution in [0, 0.1) is 0 Å². The summed E-state index contributed by atoms with van der Waals surface area (Å²) in [7, 11) is 0. The van der Waals surface area contributed by atoms with Crippen molar-refractivity contribution in [1.82, 2.24) is 25.2 Å². The summed E-state index contributed by atoms with van der Waals surface area (Å²) in [6.45, 7) is 3.39. The highest BCUT2D eigenvalue weighted by Gasteiger charge is 2.20. The first-order valence-electron chi connectivity index (χ1n) is 5.32. The molecule has 1 aromatic rings. The number of aliphatic hydroxyl groups excluding tert-OH is 1. The summed E-state index contributed by atoms with van der Waals surface area (Å²) < 4.78 is 1.47. The molecule has 7 heteroatoms. The average molecular weight is 225 g/mol. The fraction of sp³-hybridized carbons (Fsp3) is 0.667. The van der Waals surface area contributed by atoms with Crippen molar-refractivity contribution >= 4 is 5.91 Å². The molecule has 2 N–H and O–H groups in total. The molecule has 1 aromatic heterocycles. The Balaban J connectivity index is 2.01. The molecule has 0 radical (unpaired) electrons. The van der Waals surface area contributed by atoms with Crippen molar-refractivity contribution in [1.29, 1.82) is 0 Å². The van der Waals surface area contributed by atoms with Crippen molar-refractivity contribution in [2.75, 3.05) is 32.8 Å². The van der Waals surface area contributed by atoms with E-state index in [1.54, 1.807) is 11.1 Å². The van der Waals surface area contributed by atoms with Crippen LogP contribution >= 0.6 is 0 Å². The van der Waals surface area contributed by atoms with Crippen LogP contribution in [0.1, 0.15) is 10.5 Å². The lowest BCUT2D eigenvalue weighted by atomic mass is 10.3. The lowest BCUT2D eigenvalue weighted by molar-refractivity contribution is 0.0729. The maximum Gasteiger partial charge on any atom is 0.276 e. The molecular weight excluding hydrogens is 210 g/mol. The number of amides is 1. The number of rotatable bonds is 3. The Morgan fingerprint density at radius 2 is 2.25 bits per heavy atom. The van der Waals surface area contributed by atoms with Gasteiger partial charge in [-0.25, -0.2) is 4.68 Å². The van der Waals surface area contributed by atoms with Crippen molar-refractivity contribution in [3.05, 3.63) is 11.9 Å². The molecule has 7 nitrogen and oxygen atoms in total. The molecule has 0 spiro atoms. The van der Waals surface area contributed by atoms with Gasteiger partial charge in [-0.2, -0.15) is 0 Å². The molecule has 16 heavy (non-hydrogen) atoms. The Hall–Kier alpha value is -1.47. The van der Waals surface area contributed by atoms with Gasteiger partial charge in [0.25, 0.3) is 5.91 Å². The summed E-state index contributed by atoms with van der Waals surface area (Å²) in [4.78, 5) is 13.7. The third-order valence-electron chi connectivity index (χ3n) is 2.49. The van der Waals surface area contributed by atoms with Crippen LogP contribution in [-0.2, 0) is 6.54 Å². The minimum atomic E-state index is -0.0920. The smallest absolute Gasteiger partial charge is 0.276 e. The van der Waals surface area contributed by atoms with Gasteiger partial charge in [0.05, 0.1) is 19.3 Å². The fourth-order valence-corrected chi connectivity index (χ4v) is 1.64. The predicted molar refractivity (Wildman–Crippen MR) is 55.9 cm³/mol. The number of aliphatic hydroxyl groups is 1. The SMILES string of the molecule is O=C(c1cn(CCO)nn1)N1CCNCC1. The van der Waals surface area contributed by atoms with Crippen LogP contribution in [-0.4, -0.2) is 63.7 Å². The van der Waals surface area contributed by atoms with Gasteiger partial charge in [-0.3, -0.25) is 4.79 Å². The van der Waals surface area contributed by atoms with E-state index in [1.807, 2.05) is 0 Å². The molecule has 88 valence electrons. The number of piperazine rings is 1. The first-order valence-corrected chi connectivity index (χ1v) is 5.32. The third-order valence-corrected chi connectivity index (χ3v) is 2.49. The Bertz CT molecular complexity index is 359. The fourth-order valence-electron chi connectivity index (χ4n) is 1.64. The van der Waals surface area contributed by atoms with Crippen molar-refractivity contribution in [2.24, 2.45) is 0 Å². The zero-order valence-electron chi connectivity index (χ0n) is 8.96. The first kappa shape index (κ1) is 11.0. The maximum absolute atomic E-state index is 11.9. The number of hydrogen-bond acceptors (Lipinski definition) is 5. The second-order valence-corrected chi connectivity index (χ2v) is 3.63. The zero-order valence-corrected chi connectivity index (χ0v) is 8.96. The molecule has 2 rings (SSSR count). The minimum absolute atomic E-state index is 0.00930. The molecular formula is C9H15N5O2. The topological polar surface area (TPSA) is 83.3 Å².